The number of aliphatic hydroxyl groups is 5. The predicted molar refractivity (Wildman–Crippen MR) is 257 cm³/mol. The van der Waals surface area contributed by atoms with Gasteiger partial charge in [-0.15, -0.1) is 0 Å². The van der Waals surface area contributed by atoms with Gasteiger partial charge in [0.1, 0.15) is 6.23 Å². The van der Waals surface area contributed by atoms with E-state index in [9.17, 15) is 30.3 Å². The van der Waals surface area contributed by atoms with Crippen molar-refractivity contribution in [3.05, 3.63) is 41.5 Å². The Labute approximate surface area is 390 Å². The molecule has 6 fully saturated rings. The van der Waals surface area contributed by atoms with Gasteiger partial charge < -0.3 is 46.5 Å². The summed E-state index contributed by atoms with van der Waals surface area (Å²) in [6, 6.07) is 0.183. The third-order valence-electron chi connectivity index (χ3n) is 18.6. The number of allylic oxidation sites excluding steroid dienone is 2. The summed E-state index contributed by atoms with van der Waals surface area (Å²) in [5, 5.41) is 66.3. The van der Waals surface area contributed by atoms with Gasteiger partial charge >= 0.3 is 0 Å². The second-order valence-electron chi connectivity index (χ2n) is 23.0. The third-order valence-corrected chi connectivity index (χ3v) is 21.2. The zero-order valence-corrected chi connectivity index (χ0v) is 41.3. The number of aromatic nitrogens is 2. The lowest BCUT2D eigenvalue weighted by Gasteiger charge is -2.64. The molecule has 14 heteroatoms. The molecule has 1 spiro atoms. The maximum atomic E-state index is 14.9. The molecule has 9 N–H and O–H groups in total. The first-order valence-electron chi connectivity index (χ1n) is 24.6. The molecule has 6 aliphatic carbocycles. The number of hydrogen-bond donors (Lipinski definition) is 8. The van der Waals surface area contributed by atoms with Crippen LogP contribution in [0.1, 0.15) is 131 Å². The fourth-order valence-electron chi connectivity index (χ4n) is 15.9. The van der Waals surface area contributed by atoms with Crippen LogP contribution in [0.3, 0.4) is 0 Å². The number of imidazole rings is 1. The quantitative estimate of drug-likeness (QED) is 0.0515. The summed E-state index contributed by atoms with van der Waals surface area (Å²) < 4.78 is 2.27. The van der Waals surface area contributed by atoms with E-state index < -0.39 is 52.8 Å². The molecular formula is C50H80N6O6S2. The van der Waals surface area contributed by atoms with Crippen LogP contribution in [0, 0.1) is 63.1 Å². The number of nitrogens with one attached hydrogen (secondary N) is 2. The number of hydrogen-bond acceptors (Lipinski definition) is 11. The predicted octanol–water partition coefficient (Wildman–Crippen LogP) is 6.40. The Morgan fingerprint density at radius 1 is 1.03 bits per heavy atom. The van der Waals surface area contributed by atoms with Gasteiger partial charge in [-0.3, -0.25) is 9.79 Å². The highest BCUT2D eigenvalue weighted by atomic mass is 33.1. The summed E-state index contributed by atoms with van der Waals surface area (Å²) in [5.74, 6) is -0.561. The van der Waals surface area contributed by atoms with Crippen LogP contribution in [-0.4, -0.2) is 109 Å². The molecule has 1 aromatic rings. The second-order valence-corrected chi connectivity index (χ2v) is 25.5. The van der Waals surface area contributed by atoms with E-state index in [1.165, 1.54) is 44.1 Å². The van der Waals surface area contributed by atoms with Crippen molar-refractivity contribution in [1.82, 2.24) is 20.2 Å². The molecule has 7 aliphatic rings. The van der Waals surface area contributed by atoms with Crippen molar-refractivity contribution >= 4 is 33.3 Å². The number of carbonyl (C=O) groups excluding carboxylic acids is 1. The van der Waals surface area contributed by atoms with E-state index in [1.807, 2.05) is 34.1 Å². The lowest BCUT2D eigenvalue weighted by Crippen LogP contribution is -2.67. The molecule has 1 saturated heterocycles. The SMILES string of the molecule is CNC[C@H]1[C@@H](O)[C@@H](O)C[C@]2(C)[C@@H]3C(=CC(=O)[C@H]12)[C@]1(O)[C@H]2CSSC[C@@H](n4ccnc4)CC(C)(C)/C(=C4\CCCC5(CCCC5)C4)C[C@@H](O)[C@@H](C)[C@@H](C2)[C@@]1(C)C[C@@H]3CN=C(N)N[C@@H](C)O. The minimum absolute atomic E-state index is 0.0793. The largest absolute Gasteiger partial charge is 0.393 e. The molecule has 2 bridgehead atoms. The monoisotopic (exact) mass is 925 g/mol. The van der Waals surface area contributed by atoms with Gasteiger partial charge in [-0.2, -0.15) is 0 Å². The molecule has 0 unspecified atom stereocenters. The maximum absolute atomic E-state index is 14.9. The topological polar surface area (TPSA) is 198 Å². The van der Waals surface area contributed by atoms with Crippen molar-refractivity contribution in [1.29, 1.82) is 0 Å². The molecule has 0 aromatic carbocycles. The van der Waals surface area contributed by atoms with Gasteiger partial charge in [-0.05, 0) is 136 Å². The van der Waals surface area contributed by atoms with Crippen molar-refractivity contribution in [3.8, 4) is 0 Å². The molecule has 1 aliphatic heterocycles. The Bertz CT molecular complexity index is 1930. The summed E-state index contributed by atoms with van der Waals surface area (Å²) in [4.78, 5) is 24.2. The van der Waals surface area contributed by atoms with Crippen molar-refractivity contribution in [2.24, 2.45) is 73.8 Å². The van der Waals surface area contributed by atoms with Gasteiger partial charge in [0.2, 0.25) is 0 Å². The zero-order valence-electron chi connectivity index (χ0n) is 39.6. The summed E-state index contributed by atoms with van der Waals surface area (Å²) in [6.45, 7) is 13.6. The summed E-state index contributed by atoms with van der Waals surface area (Å²) in [7, 11) is 5.48. The molecule has 15 atom stereocenters. The molecule has 64 heavy (non-hydrogen) atoms. The number of aliphatic imine (C=N–C) groups is 1. The standard InChI is InChI=1S/C50H80N6O6S2/c1-29-36-17-33(26-63-64-27-34(56-16-15-53-28-56)22-46(3,4)37(18-39(29)58)31-11-10-14-49(21-31)12-8-9-13-49)50(62)38-19-40(59)43-35(25-52-7)44(61)41(60)23-47(43,5)42(38)32(20-48(36,50)6)24-54-45(51)55-30(2)57/h15-16,19,28-30,32-36,39,41-44,52,57-58,60-62H,8-14,17-18,20-27H2,1-7H3,(H3,51,54,55)/b37-31+/t29-,30+,32+,33+,34-,35+,36+,39+,41-,42-,43-,44+,47+,48+,50+/m0/s1. The fraction of sp³-hybridized carbons (Fsp3) is 0.820. The minimum Gasteiger partial charge on any atom is -0.393 e. The highest BCUT2D eigenvalue weighted by molar-refractivity contribution is 8.76. The van der Waals surface area contributed by atoms with Gasteiger partial charge in [0.15, 0.2) is 11.7 Å². The first kappa shape index (κ1) is 48.5. The third kappa shape index (κ3) is 8.50. The normalized spacial score (nSPS) is 44.3. The Hall–Kier alpha value is -1.91. The van der Waals surface area contributed by atoms with Crippen LogP contribution in [0.15, 0.2) is 46.5 Å². The molecular weight excluding hydrogens is 845 g/mol. The number of rotatable bonds is 6. The maximum Gasteiger partial charge on any atom is 0.190 e. The molecule has 0 amide bonds. The van der Waals surface area contributed by atoms with E-state index in [-0.39, 0.29) is 65.8 Å². The second kappa shape index (κ2) is 18.5. The average Bonchev–Trinajstić information content (AvgIpc) is 3.98. The van der Waals surface area contributed by atoms with Crippen LogP contribution < -0.4 is 16.4 Å². The fourth-order valence-corrected chi connectivity index (χ4v) is 18.6. The number of carbonyl (C=O) groups is 1. The summed E-state index contributed by atoms with van der Waals surface area (Å²) in [5.41, 5.74) is 7.37. The van der Waals surface area contributed by atoms with Gasteiger partial charge in [-0.25, -0.2) is 4.98 Å². The van der Waals surface area contributed by atoms with Crippen LogP contribution in [0.2, 0.25) is 0 Å². The van der Waals surface area contributed by atoms with E-state index >= 15 is 0 Å². The number of guanidine groups is 1. The van der Waals surface area contributed by atoms with E-state index in [1.54, 1.807) is 25.6 Å². The van der Waals surface area contributed by atoms with Gasteiger partial charge in [0.25, 0.3) is 0 Å². The number of ketones is 1. The van der Waals surface area contributed by atoms with E-state index in [4.69, 9.17) is 10.7 Å². The minimum atomic E-state index is -1.39. The Kier molecular flexibility index (Phi) is 14.1. The molecule has 12 nitrogen and oxygen atoms in total. The summed E-state index contributed by atoms with van der Waals surface area (Å²) >= 11 is 0. The molecule has 0 radical (unpaired) electrons. The number of fused-ring (bicyclic) bond motifs is 9. The van der Waals surface area contributed by atoms with E-state index in [0.29, 0.717) is 37.0 Å². The van der Waals surface area contributed by atoms with Gasteiger partial charge in [-0.1, -0.05) is 80.2 Å². The van der Waals surface area contributed by atoms with Crippen molar-refractivity contribution in [3.63, 3.8) is 0 Å². The highest BCUT2D eigenvalue weighted by Crippen LogP contribution is 2.72. The number of nitrogens with zero attached hydrogens (tertiary/aromatic N) is 3. The van der Waals surface area contributed by atoms with E-state index in [2.05, 4.69) is 61.0 Å². The van der Waals surface area contributed by atoms with Crippen LogP contribution in [-0.2, 0) is 4.79 Å². The number of nitrogens with two attached hydrogens (primary N) is 1. The van der Waals surface area contributed by atoms with Gasteiger partial charge in [0, 0.05) is 66.2 Å². The molecule has 2 heterocycles. The van der Waals surface area contributed by atoms with Crippen molar-refractivity contribution in [2.45, 2.75) is 161 Å². The zero-order chi connectivity index (χ0) is 46.0. The highest BCUT2D eigenvalue weighted by Gasteiger charge is 2.73. The van der Waals surface area contributed by atoms with Crippen LogP contribution >= 0.6 is 21.6 Å². The van der Waals surface area contributed by atoms with Crippen molar-refractivity contribution < 1.29 is 30.3 Å². The lowest BCUT2D eigenvalue weighted by atomic mass is 9.41. The Morgan fingerprint density at radius 2 is 1.75 bits per heavy atom. The van der Waals surface area contributed by atoms with Crippen molar-refractivity contribution in [2.75, 3.05) is 31.6 Å². The van der Waals surface area contributed by atoms with E-state index in [0.717, 1.165) is 30.6 Å². The van der Waals surface area contributed by atoms with Crippen LogP contribution in [0.25, 0.3) is 0 Å². The Morgan fingerprint density at radius 3 is 2.44 bits per heavy atom. The summed E-state index contributed by atoms with van der Waals surface area (Å²) in [6.07, 6.45) is 16.9. The first-order valence-corrected chi connectivity index (χ1v) is 27.1. The molecule has 358 valence electrons. The number of aliphatic hydroxyl groups excluding tert-OH is 4. The smallest absolute Gasteiger partial charge is 0.190 e. The van der Waals surface area contributed by atoms with Crippen LogP contribution in [0.4, 0.5) is 0 Å². The van der Waals surface area contributed by atoms with Gasteiger partial charge in [0.05, 0.1) is 30.2 Å². The van der Waals surface area contributed by atoms with Crippen LogP contribution in [0.5, 0.6) is 0 Å². The Balaban J connectivity index is 1.25. The molecule has 1 aromatic heterocycles. The first-order chi connectivity index (χ1) is 30.3. The molecule has 5 saturated carbocycles. The average molecular weight is 925 g/mol. The lowest BCUT2D eigenvalue weighted by molar-refractivity contribution is -0.182. The molecule has 8 rings (SSSR count).